The Bertz CT molecular complexity index is 818. The van der Waals surface area contributed by atoms with Crippen molar-refractivity contribution in [3.05, 3.63) is 11.6 Å². The number of aliphatic hydroxyl groups is 2. The molecular weight excluding hydrogens is 400 g/mol. The van der Waals surface area contributed by atoms with Gasteiger partial charge in [-0.3, -0.25) is 9.59 Å². The summed E-state index contributed by atoms with van der Waals surface area (Å²) in [5.74, 6) is 1.04. The number of hydrogen-bond acceptors (Lipinski definition) is 4. The number of hydrogen-bond donors (Lipinski definition) is 2. The number of fused-ring (bicyclic) bond motifs is 5. The minimum absolute atomic E-state index is 0.163. The van der Waals surface area contributed by atoms with Crippen molar-refractivity contribution in [2.75, 3.05) is 0 Å². The summed E-state index contributed by atoms with van der Waals surface area (Å²) in [5.41, 5.74) is 0.146. The molecule has 4 nitrogen and oxygen atoms in total. The molecule has 3 fully saturated rings. The van der Waals surface area contributed by atoms with Gasteiger partial charge in [0.1, 0.15) is 11.9 Å². The van der Waals surface area contributed by atoms with E-state index in [-0.39, 0.29) is 34.4 Å². The van der Waals surface area contributed by atoms with Crippen LogP contribution in [0.1, 0.15) is 99.3 Å². The van der Waals surface area contributed by atoms with E-state index < -0.39 is 11.7 Å². The second kappa shape index (κ2) is 7.77. The second-order valence-corrected chi connectivity index (χ2v) is 13.2. The average Bonchev–Trinajstić information content (AvgIpc) is 3.02. The average molecular weight is 445 g/mol. The normalized spacial score (nSPS) is 41.9. The molecule has 0 aromatic heterocycles. The number of allylic oxidation sites excluding steroid dienone is 2. The molecule has 3 saturated carbocycles. The van der Waals surface area contributed by atoms with E-state index in [1.54, 1.807) is 13.8 Å². The van der Waals surface area contributed by atoms with Crippen molar-refractivity contribution in [1.82, 2.24) is 0 Å². The van der Waals surface area contributed by atoms with Crippen LogP contribution in [0.5, 0.6) is 0 Å². The van der Waals surface area contributed by atoms with Crippen LogP contribution in [0.4, 0.5) is 0 Å². The van der Waals surface area contributed by atoms with Gasteiger partial charge in [-0.15, -0.1) is 0 Å². The highest BCUT2D eigenvalue weighted by molar-refractivity contribution is 5.88. The zero-order valence-electron chi connectivity index (χ0n) is 21.0. The van der Waals surface area contributed by atoms with Gasteiger partial charge >= 0.3 is 0 Å². The van der Waals surface area contributed by atoms with Gasteiger partial charge in [0.15, 0.2) is 5.78 Å². The van der Waals surface area contributed by atoms with Gasteiger partial charge in [-0.25, -0.2) is 0 Å². The van der Waals surface area contributed by atoms with Crippen molar-refractivity contribution < 1.29 is 19.8 Å². The summed E-state index contributed by atoms with van der Waals surface area (Å²) in [5, 5.41) is 21.1. The summed E-state index contributed by atoms with van der Waals surface area (Å²) >= 11 is 0. The molecule has 4 heteroatoms. The lowest BCUT2D eigenvalue weighted by molar-refractivity contribution is -0.158. The van der Waals surface area contributed by atoms with Gasteiger partial charge in [0, 0.05) is 18.3 Å². The van der Waals surface area contributed by atoms with Crippen LogP contribution >= 0.6 is 0 Å². The third kappa shape index (κ3) is 3.64. The van der Waals surface area contributed by atoms with Gasteiger partial charge in [-0.05, 0) is 86.9 Å². The van der Waals surface area contributed by atoms with E-state index in [1.165, 1.54) is 18.4 Å². The van der Waals surface area contributed by atoms with Crippen LogP contribution < -0.4 is 0 Å². The molecule has 0 heterocycles. The van der Waals surface area contributed by atoms with E-state index in [0.29, 0.717) is 36.4 Å². The van der Waals surface area contributed by atoms with Crippen molar-refractivity contribution in [3.8, 4) is 0 Å². The Labute approximate surface area is 194 Å². The van der Waals surface area contributed by atoms with Crippen molar-refractivity contribution in [2.45, 2.75) is 111 Å². The molecular formula is C28H44O4. The summed E-state index contributed by atoms with van der Waals surface area (Å²) in [6, 6.07) is 0. The third-order valence-corrected chi connectivity index (χ3v) is 10.3. The Hall–Kier alpha value is -1.00. The molecule has 2 N–H and O–H groups in total. The minimum atomic E-state index is -1.03. The van der Waals surface area contributed by atoms with E-state index >= 15 is 0 Å². The largest absolute Gasteiger partial charge is 0.390 e. The molecule has 4 aliphatic carbocycles. The van der Waals surface area contributed by atoms with Gasteiger partial charge in [-0.2, -0.15) is 0 Å². The van der Waals surface area contributed by atoms with Gasteiger partial charge in [0.2, 0.25) is 0 Å². The zero-order chi connectivity index (χ0) is 23.7. The highest BCUT2D eigenvalue weighted by Gasteiger charge is 2.65. The lowest BCUT2D eigenvalue weighted by atomic mass is 9.43. The topological polar surface area (TPSA) is 74.6 Å². The molecule has 0 amide bonds. The number of carbonyl (C=O) groups is 2. The van der Waals surface area contributed by atoms with Crippen molar-refractivity contribution in [2.24, 2.45) is 39.9 Å². The van der Waals surface area contributed by atoms with E-state index in [0.717, 1.165) is 25.7 Å². The van der Waals surface area contributed by atoms with Crippen LogP contribution in [0.2, 0.25) is 0 Å². The first-order chi connectivity index (χ1) is 14.7. The Morgan fingerprint density at radius 1 is 1.16 bits per heavy atom. The van der Waals surface area contributed by atoms with Gasteiger partial charge in [0.25, 0.3) is 0 Å². The molecule has 180 valence electrons. The van der Waals surface area contributed by atoms with E-state index in [4.69, 9.17) is 0 Å². The lowest BCUT2D eigenvalue weighted by Crippen LogP contribution is -2.59. The monoisotopic (exact) mass is 444 g/mol. The molecule has 0 aromatic carbocycles. The molecule has 0 aliphatic heterocycles. The Morgan fingerprint density at radius 3 is 2.50 bits per heavy atom. The maximum absolute atomic E-state index is 13.9. The molecule has 0 aromatic rings. The van der Waals surface area contributed by atoms with Gasteiger partial charge < -0.3 is 10.2 Å². The summed E-state index contributed by atoms with van der Waals surface area (Å²) in [4.78, 5) is 26.8. The van der Waals surface area contributed by atoms with Crippen LogP contribution in [0.3, 0.4) is 0 Å². The molecule has 0 bridgehead atoms. The predicted octanol–water partition coefficient (Wildman–Crippen LogP) is 5.25. The first kappa shape index (κ1) is 24.1. The Morgan fingerprint density at radius 2 is 1.84 bits per heavy atom. The van der Waals surface area contributed by atoms with Crippen molar-refractivity contribution in [1.29, 1.82) is 0 Å². The molecule has 7 unspecified atom stereocenters. The fourth-order valence-electron chi connectivity index (χ4n) is 8.37. The van der Waals surface area contributed by atoms with E-state index in [1.807, 2.05) is 0 Å². The SMILES string of the molecule is CC(C)(O)CCC(=O)C(O)C1CCC2C3CC=C4C(CCCC4(C)C)C3(C)C(=O)CC12C. The molecule has 7 atom stereocenters. The number of carbonyl (C=O) groups excluding carboxylic acids is 2. The second-order valence-electron chi connectivity index (χ2n) is 13.2. The molecule has 0 spiro atoms. The Balaban J connectivity index is 1.60. The smallest absolute Gasteiger partial charge is 0.161 e. The van der Waals surface area contributed by atoms with Gasteiger partial charge in [0.05, 0.1) is 5.60 Å². The zero-order valence-corrected chi connectivity index (χ0v) is 21.0. The first-order valence-corrected chi connectivity index (χ1v) is 12.9. The maximum Gasteiger partial charge on any atom is 0.161 e. The van der Waals surface area contributed by atoms with E-state index in [2.05, 4.69) is 33.8 Å². The van der Waals surface area contributed by atoms with Crippen molar-refractivity contribution >= 4 is 11.6 Å². The number of ketones is 2. The summed E-state index contributed by atoms with van der Waals surface area (Å²) < 4.78 is 0. The van der Waals surface area contributed by atoms with Crippen LogP contribution in [0.25, 0.3) is 0 Å². The van der Waals surface area contributed by atoms with Crippen LogP contribution in [0.15, 0.2) is 11.6 Å². The maximum atomic E-state index is 13.9. The summed E-state index contributed by atoms with van der Waals surface area (Å²) in [6.45, 7) is 12.5. The van der Waals surface area contributed by atoms with Crippen LogP contribution in [-0.2, 0) is 9.59 Å². The molecule has 4 aliphatic rings. The van der Waals surface area contributed by atoms with Crippen LogP contribution in [0, 0.1) is 39.9 Å². The predicted molar refractivity (Wildman–Crippen MR) is 126 cm³/mol. The highest BCUT2D eigenvalue weighted by Crippen LogP contribution is 2.68. The minimum Gasteiger partial charge on any atom is -0.390 e. The summed E-state index contributed by atoms with van der Waals surface area (Å²) in [6.07, 6.45) is 8.69. The first-order valence-electron chi connectivity index (χ1n) is 12.9. The summed E-state index contributed by atoms with van der Waals surface area (Å²) in [7, 11) is 0. The van der Waals surface area contributed by atoms with Gasteiger partial charge in [-0.1, -0.05) is 45.8 Å². The highest BCUT2D eigenvalue weighted by atomic mass is 16.3. The third-order valence-electron chi connectivity index (χ3n) is 10.3. The molecule has 32 heavy (non-hydrogen) atoms. The number of rotatable bonds is 5. The molecule has 0 radical (unpaired) electrons. The lowest BCUT2D eigenvalue weighted by Gasteiger charge is -2.60. The molecule has 4 rings (SSSR count). The standard InChI is InChI=1S/C28H44O4/c1-25(2)14-7-8-19-17(25)9-11-20-18-10-12-21(24(31)22(29)13-15-26(3,4)32)27(18,5)16-23(30)28(19,20)6/h9,18-21,24,31-32H,7-8,10-16H2,1-6H3. The van der Waals surface area contributed by atoms with Crippen LogP contribution in [-0.4, -0.2) is 33.5 Å². The number of Topliss-reactive ketones (excluding diaryl/α,β-unsaturated/α-hetero) is 2. The fourth-order valence-corrected chi connectivity index (χ4v) is 8.37. The van der Waals surface area contributed by atoms with E-state index in [9.17, 15) is 19.8 Å². The number of aliphatic hydroxyl groups excluding tert-OH is 1. The molecule has 0 saturated heterocycles. The fraction of sp³-hybridized carbons (Fsp3) is 0.857. The Kier molecular flexibility index (Phi) is 5.86. The quantitative estimate of drug-likeness (QED) is 0.568. The van der Waals surface area contributed by atoms with Crippen molar-refractivity contribution in [3.63, 3.8) is 0 Å².